The second-order valence-electron chi connectivity index (χ2n) is 4.88. The maximum Gasteiger partial charge on any atom is 0.0897 e. The molecule has 1 fully saturated rings. The summed E-state index contributed by atoms with van der Waals surface area (Å²) in [5.41, 5.74) is 0. The van der Waals surface area contributed by atoms with Crippen LogP contribution in [0, 0.1) is 0 Å². The highest BCUT2D eigenvalue weighted by molar-refractivity contribution is 4.65. The summed E-state index contributed by atoms with van der Waals surface area (Å²) in [5.74, 6) is 0. The first-order valence-electron chi connectivity index (χ1n) is 6.98. The zero-order chi connectivity index (χ0) is 13.2. The third-order valence-corrected chi connectivity index (χ3v) is 3.14. The standard InChI is InChI=1S/C13H27NO4/c1-2-11(15)5-6-14-8-12(16)9-17-10-13-4-3-7-18-13/h11-16H,2-10H2,1H3. The largest absolute Gasteiger partial charge is 0.393 e. The van der Waals surface area contributed by atoms with E-state index in [1.54, 1.807) is 0 Å². The Bertz CT molecular complexity index is 197. The number of rotatable bonds is 10. The zero-order valence-electron chi connectivity index (χ0n) is 11.3. The van der Waals surface area contributed by atoms with Gasteiger partial charge in [0.15, 0.2) is 0 Å². The van der Waals surface area contributed by atoms with Crippen LogP contribution in [-0.4, -0.2) is 61.4 Å². The number of hydrogen-bond donors (Lipinski definition) is 3. The van der Waals surface area contributed by atoms with E-state index in [4.69, 9.17) is 9.47 Å². The van der Waals surface area contributed by atoms with Crippen molar-refractivity contribution in [2.45, 2.75) is 50.9 Å². The Labute approximate surface area is 109 Å². The Morgan fingerprint density at radius 1 is 1.39 bits per heavy atom. The predicted molar refractivity (Wildman–Crippen MR) is 69.6 cm³/mol. The van der Waals surface area contributed by atoms with Crippen LogP contribution in [-0.2, 0) is 9.47 Å². The van der Waals surface area contributed by atoms with Gasteiger partial charge >= 0.3 is 0 Å². The van der Waals surface area contributed by atoms with Crippen molar-refractivity contribution in [1.29, 1.82) is 0 Å². The maximum atomic E-state index is 9.65. The molecule has 0 radical (unpaired) electrons. The molecule has 0 aromatic heterocycles. The van der Waals surface area contributed by atoms with Gasteiger partial charge in [0.2, 0.25) is 0 Å². The molecule has 0 bridgehead atoms. The third kappa shape index (κ3) is 7.28. The van der Waals surface area contributed by atoms with Crippen molar-refractivity contribution in [1.82, 2.24) is 5.32 Å². The Balaban J connectivity index is 1.88. The highest BCUT2D eigenvalue weighted by Gasteiger charge is 2.16. The number of ether oxygens (including phenoxy) is 2. The smallest absolute Gasteiger partial charge is 0.0897 e. The molecule has 1 aliphatic rings. The van der Waals surface area contributed by atoms with E-state index < -0.39 is 6.10 Å². The van der Waals surface area contributed by atoms with Gasteiger partial charge in [0.25, 0.3) is 0 Å². The van der Waals surface area contributed by atoms with E-state index in [1.807, 2.05) is 6.92 Å². The predicted octanol–water partition coefficient (Wildman–Crippen LogP) is 0.294. The van der Waals surface area contributed by atoms with E-state index in [2.05, 4.69) is 5.32 Å². The minimum Gasteiger partial charge on any atom is -0.393 e. The Morgan fingerprint density at radius 3 is 2.89 bits per heavy atom. The Morgan fingerprint density at radius 2 is 2.22 bits per heavy atom. The molecule has 0 spiro atoms. The molecule has 3 unspecified atom stereocenters. The number of hydrogen-bond acceptors (Lipinski definition) is 5. The first-order chi connectivity index (χ1) is 8.72. The first kappa shape index (κ1) is 15.9. The van der Waals surface area contributed by atoms with Crippen molar-refractivity contribution in [2.24, 2.45) is 0 Å². The highest BCUT2D eigenvalue weighted by Crippen LogP contribution is 2.11. The van der Waals surface area contributed by atoms with Crippen LogP contribution in [0.5, 0.6) is 0 Å². The van der Waals surface area contributed by atoms with Crippen molar-refractivity contribution in [3.8, 4) is 0 Å². The van der Waals surface area contributed by atoms with Crippen LogP contribution in [0.2, 0.25) is 0 Å². The van der Waals surface area contributed by atoms with Crippen molar-refractivity contribution in [3.05, 3.63) is 0 Å². The average Bonchev–Trinajstić information content (AvgIpc) is 2.87. The maximum absolute atomic E-state index is 9.65. The summed E-state index contributed by atoms with van der Waals surface area (Å²) in [6.07, 6.45) is 3.14. The van der Waals surface area contributed by atoms with Gasteiger partial charge in [-0.1, -0.05) is 6.92 Å². The topological polar surface area (TPSA) is 71.0 Å². The van der Waals surface area contributed by atoms with Crippen LogP contribution in [0.3, 0.4) is 0 Å². The van der Waals surface area contributed by atoms with E-state index in [1.165, 1.54) is 0 Å². The molecule has 0 aromatic carbocycles. The molecule has 3 N–H and O–H groups in total. The van der Waals surface area contributed by atoms with Crippen molar-refractivity contribution in [3.63, 3.8) is 0 Å². The molecule has 1 aliphatic heterocycles. The van der Waals surface area contributed by atoms with Crippen LogP contribution in [0.15, 0.2) is 0 Å². The summed E-state index contributed by atoms with van der Waals surface area (Å²) >= 11 is 0. The first-order valence-corrected chi connectivity index (χ1v) is 6.98. The monoisotopic (exact) mass is 261 g/mol. The Kier molecular flexibility index (Phi) is 8.54. The van der Waals surface area contributed by atoms with Gasteiger partial charge in [-0.25, -0.2) is 0 Å². The third-order valence-electron chi connectivity index (χ3n) is 3.14. The molecule has 5 heteroatoms. The molecule has 3 atom stereocenters. The van der Waals surface area contributed by atoms with Crippen LogP contribution in [0.4, 0.5) is 0 Å². The van der Waals surface area contributed by atoms with Gasteiger partial charge in [0, 0.05) is 13.2 Å². The lowest BCUT2D eigenvalue weighted by atomic mass is 10.2. The molecule has 5 nitrogen and oxygen atoms in total. The van der Waals surface area contributed by atoms with E-state index >= 15 is 0 Å². The van der Waals surface area contributed by atoms with Gasteiger partial charge in [-0.3, -0.25) is 0 Å². The molecule has 18 heavy (non-hydrogen) atoms. The molecule has 108 valence electrons. The quantitative estimate of drug-likeness (QED) is 0.493. The summed E-state index contributed by atoms with van der Waals surface area (Å²) in [4.78, 5) is 0. The minimum absolute atomic E-state index is 0.213. The summed E-state index contributed by atoms with van der Waals surface area (Å²) in [6, 6.07) is 0. The van der Waals surface area contributed by atoms with Crippen molar-refractivity contribution >= 4 is 0 Å². The normalized spacial score (nSPS) is 23.2. The molecule has 1 rings (SSSR count). The van der Waals surface area contributed by atoms with Crippen molar-refractivity contribution < 1.29 is 19.7 Å². The molecule has 1 heterocycles. The van der Waals surface area contributed by atoms with Gasteiger partial charge in [0.1, 0.15) is 0 Å². The van der Waals surface area contributed by atoms with Crippen LogP contribution < -0.4 is 5.32 Å². The Hall–Kier alpha value is -0.200. The molecule has 0 amide bonds. The summed E-state index contributed by atoms with van der Waals surface area (Å²) < 4.78 is 10.8. The fraction of sp³-hybridized carbons (Fsp3) is 1.00. The lowest BCUT2D eigenvalue weighted by molar-refractivity contribution is -0.0165. The summed E-state index contributed by atoms with van der Waals surface area (Å²) in [7, 11) is 0. The molecule has 0 aliphatic carbocycles. The van der Waals surface area contributed by atoms with Crippen molar-refractivity contribution in [2.75, 3.05) is 32.9 Å². The lowest BCUT2D eigenvalue weighted by Crippen LogP contribution is -2.33. The zero-order valence-corrected chi connectivity index (χ0v) is 11.3. The average molecular weight is 261 g/mol. The second kappa shape index (κ2) is 9.69. The van der Waals surface area contributed by atoms with E-state index in [-0.39, 0.29) is 12.2 Å². The van der Waals surface area contributed by atoms with Crippen LogP contribution in [0.25, 0.3) is 0 Å². The highest BCUT2D eigenvalue weighted by atomic mass is 16.5. The number of aliphatic hydroxyl groups is 2. The van der Waals surface area contributed by atoms with Gasteiger partial charge in [-0.2, -0.15) is 0 Å². The van der Waals surface area contributed by atoms with Gasteiger partial charge < -0.3 is 25.0 Å². The SMILES string of the molecule is CCC(O)CCNCC(O)COCC1CCCO1. The van der Waals surface area contributed by atoms with Gasteiger partial charge in [-0.05, 0) is 32.2 Å². The number of nitrogens with one attached hydrogen (secondary N) is 1. The molecule has 0 saturated carbocycles. The van der Waals surface area contributed by atoms with Gasteiger partial charge in [-0.15, -0.1) is 0 Å². The van der Waals surface area contributed by atoms with E-state index in [9.17, 15) is 10.2 Å². The summed E-state index contributed by atoms with van der Waals surface area (Å²) in [6.45, 7) is 4.92. The molecular formula is C13H27NO4. The van der Waals surface area contributed by atoms with Gasteiger partial charge in [0.05, 0.1) is 31.5 Å². The van der Waals surface area contributed by atoms with Crippen LogP contribution >= 0.6 is 0 Å². The fourth-order valence-electron chi connectivity index (χ4n) is 1.91. The molecular weight excluding hydrogens is 234 g/mol. The van der Waals surface area contributed by atoms with E-state index in [0.29, 0.717) is 19.8 Å². The summed E-state index contributed by atoms with van der Waals surface area (Å²) in [5, 5.41) is 22.1. The minimum atomic E-state index is -0.495. The van der Waals surface area contributed by atoms with Crippen LogP contribution in [0.1, 0.15) is 32.6 Å². The fourth-order valence-corrected chi connectivity index (χ4v) is 1.91. The second-order valence-corrected chi connectivity index (χ2v) is 4.88. The molecule has 1 saturated heterocycles. The molecule has 0 aromatic rings. The number of aliphatic hydroxyl groups excluding tert-OH is 2. The lowest BCUT2D eigenvalue weighted by Gasteiger charge is -2.15. The van der Waals surface area contributed by atoms with E-state index in [0.717, 1.165) is 38.8 Å².